The summed E-state index contributed by atoms with van der Waals surface area (Å²) in [4.78, 5) is 10.4. The standard InChI is InChI=1S/C5H6N2O2S2/c1-2(4(8)9)3-6-7-5(10)11-3/h2H,1H3,(H,7,10)(H,8,9)/t2-/m0/s1. The van der Waals surface area contributed by atoms with Crippen LogP contribution in [0, 0.1) is 3.95 Å². The molecule has 0 saturated heterocycles. The maximum atomic E-state index is 10.4. The third kappa shape index (κ3) is 1.84. The van der Waals surface area contributed by atoms with Crippen LogP contribution in [0.1, 0.15) is 17.8 Å². The van der Waals surface area contributed by atoms with E-state index in [2.05, 4.69) is 10.2 Å². The molecule has 0 aromatic carbocycles. The van der Waals surface area contributed by atoms with E-state index in [4.69, 9.17) is 17.3 Å². The van der Waals surface area contributed by atoms with E-state index in [1.807, 2.05) is 0 Å². The van der Waals surface area contributed by atoms with Crippen molar-refractivity contribution in [1.82, 2.24) is 10.2 Å². The molecule has 6 heteroatoms. The number of aromatic nitrogens is 2. The van der Waals surface area contributed by atoms with Gasteiger partial charge >= 0.3 is 5.97 Å². The number of aromatic amines is 1. The van der Waals surface area contributed by atoms with Crippen molar-refractivity contribution in [3.8, 4) is 0 Å². The van der Waals surface area contributed by atoms with E-state index in [0.717, 1.165) is 0 Å². The van der Waals surface area contributed by atoms with Crippen molar-refractivity contribution in [3.05, 3.63) is 8.96 Å². The van der Waals surface area contributed by atoms with E-state index in [-0.39, 0.29) is 0 Å². The second kappa shape index (κ2) is 3.10. The van der Waals surface area contributed by atoms with Gasteiger partial charge in [-0.05, 0) is 19.1 Å². The lowest BCUT2D eigenvalue weighted by Crippen LogP contribution is -2.06. The summed E-state index contributed by atoms with van der Waals surface area (Å²) in [5.41, 5.74) is 0. The average molecular weight is 190 g/mol. The molecule has 0 amide bonds. The highest BCUT2D eigenvalue weighted by Gasteiger charge is 2.16. The molecule has 1 heterocycles. The van der Waals surface area contributed by atoms with Crippen LogP contribution in [-0.4, -0.2) is 21.3 Å². The summed E-state index contributed by atoms with van der Waals surface area (Å²) in [5, 5.41) is 15.3. The van der Waals surface area contributed by atoms with Gasteiger partial charge in [0.05, 0.1) is 0 Å². The van der Waals surface area contributed by atoms with E-state index in [1.165, 1.54) is 11.3 Å². The van der Waals surface area contributed by atoms with Crippen molar-refractivity contribution >= 4 is 29.5 Å². The van der Waals surface area contributed by atoms with Gasteiger partial charge in [-0.1, -0.05) is 11.3 Å². The number of nitrogens with one attached hydrogen (secondary N) is 1. The van der Waals surface area contributed by atoms with E-state index >= 15 is 0 Å². The molecule has 11 heavy (non-hydrogen) atoms. The fourth-order valence-electron chi connectivity index (χ4n) is 0.532. The molecule has 1 aromatic heterocycles. The minimum absolute atomic E-state index is 0.508. The van der Waals surface area contributed by atoms with E-state index < -0.39 is 11.9 Å². The summed E-state index contributed by atoms with van der Waals surface area (Å²) in [5.74, 6) is -1.46. The maximum absolute atomic E-state index is 10.4. The molecule has 0 aliphatic carbocycles. The smallest absolute Gasteiger partial charge is 0.313 e. The number of carboxylic acid groups (broad SMARTS) is 1. The van der Waals surface area contributed by atoms with Crippen molar-refractivity contribution in [2.75, 3.05) is 0 Å². The second-order valence-corrected chi connectivity index (χ2v) is 3.71. The number of carbonyl (C=O) groups is 1. The van der Waals surface area contributed by atoms with Crippen molar-refractivity contribution in [2.24, 2.45) is 0 Å². The number of H-pyrrole nitrogens is 1. The summed E-state index contributed by atoms with van der Waals surface area (Å²) in [6.45, 7) is 1.57. The molecule has 0 aliphatic rings. The molecule has 1 atom stereocenters. The van der Waals surface area contributed by atoms with Gasteiger partial charge < -0.3 is 5.11 Å². The minimum Gasteiger partial charge on any atom is -0.481 e. The summed E-state index contributed by atoms with van der Waals surface area (Å²) < 4.78 is 0.508. The Morgan fingerprint density at radius 1 is 1.91 bits per heavy atom. The SMILES string of the molecule is C[C@H](C(=O)O)c1n[nH]c(=S)s1. The second-order valence-electron chi connectivity index (χ2n) is 2.01. The molecular weight excluding hydrogens is 184 g/mol. The normalized spacial score (nSPS) is 12.8. The lowest BCUT2D eigenvalue weighted by molar-refractivity contribution is -0.138. The zero-order valence-corrected chi connectivity index (χ0v) is 7.33. The third-order valence-corrected chi connectivity index (χ3v) is 2.47. The van der Waals surface area contributed by atoms with Crippen LogP contribution >= 0.6 is 23.6 Å². The molecular formula is C5H6N2O2S2. The number of hydrogen-bond acceptors (Lipinski definition) is 4. The Hall–Kier alpha value is -0.750. The maximum Gasteiger partial charge on any atom is 0.313 e. The third-order valence-electron chi connectivity index (χ3n) is 1.20. The number of nitrogens with zero attached hydrogens (tertiary/aromatic N) is 1. The topological polar surface area (TPSA) is 66.0 Å². The Bertz CT molecular complexity index is 316. The van der Waals surface area contributed by atoms with E-state index in [1.54, 1.807) is 6.92 Å². The fraction of sp³-hybridized carbons (Fsp3) is 0.400. The minimum atomic E-state index is -0.886. The molecule has 1 aromatic rings. The molecule has 0 aliphatic heterocycles. The monoisotopic (exact) mass is 190 g/mol. The molecule has 0 radical (unpaired) electrons. The number of hydrogen-bond donors (Lipinski definition) is 2. The largest absolute Gasteiger partial charge is 0.481 e. The molecule has 60 valence electrons. The van der Waals surface area contributed by atoms with Crippen LogP contribution in [-0.2, 0) is 4.79 Å². The fourth-order valence-corrected chi connectivity index (χ4v) is 1.48. The molecule has 0 bridgehead atoms. The first-order valence-corrected chi connectivity index (χ1v) is 4.12. The van der Waals surface area contributed by atoms with Crippen molar-refractivity contribution in [3.63, 3.8) is 0 Å². The predicted molar refractivity (Wildman–Crippen MR) is 43.3 cm³/mol. The molecule has 4 nitrogen and oxygen atoms in total. The average Bonchev–Trinajstić information content (AvgIpc) is 2.34. The summed E-state index contributed by atoms with van der Waals surface area (Å²) in [6, 6.07) is 0. The highest BCUT2D eigenvalue weighted by molar-refractivity contribution is 7.73. The summed E-state index contributed by atoms with van der Waals surface area (Å²) in [6.07, 6.45) is 0. The van der Waals surface area contributed by atoms with Crippen molar-refractivity contribution in [2.45, 2.75) is 12.8 Å². The van der Waals surface area contributed by atoms with Crippen LogP contribution in [0.5, 0.6) is 0 Å². The van der Waals surface area contributed by atoms with Gasteiger partial charge in [0, 0.05) is 0 Å². The Labute approximate surface area is 71.9 Å². The predicted octanol–water partition coefficient (Wildman–Crippen LogP) is 1.39. The quantitative estimate of drug-likeness (QED) is 0.691. The highest BCUT2D eigenvalue weighted by Crippen LogP contribution is 2.16. The first-order chi connectivity index (χ1) is 5.11. The van der Waals surface area contributed by atoms with E-state index in [9.17, 15) is 4.79 Å². The lowest BCUT2D eigenvalue weighted by atomic mass is 10.2. The van der Waals surface area contributed by atoms with Crippen LogP contribution < -0.4 is 0 Å². The Morgan fingerprint density at radius 3 is 2.91 bits per heavy atom. The van der Waals surface area contributed by atoms with Crippen molar-refractivity contribution in [1.29, 1.82) is 0 Å². The molecule has 1 rings (SSSR count). The number of aliphatic carboxylic acids is 1. The first kappa shape index (κ1) is 8.35. The number of carboxylic acids is 1. The van der Waals surface area contributed by atoms with Gasteiger partial charge in [0.25, 0.3) is 0 Å². The molecule has 0 fully saturated rings. The molecule has 2 N–H and O–H groups in total. The molecule has 0 unspecified atom stereocenters. The first-order valence-electron chi connectivity index (χ1n) is 2.89. The lowest BCUT2D eigenvalue weighted by Gasteiger charge is -1.97. The summed E-state index contributed by atoms with van der Waals surface area (Å²) in [7, 11) is 0. The van der Waals surface area contributed by atoms with Gasteiger partial charge in [-0.25, -0.2) is 0 Å². The van der Waals surface area contributed by atoms with Gasteiger partial charge in [-0.3, -0.25) is 9.89 Å². The van der Waals surface area contributed by atoms with Crippen LogP contribution in [0.4, 0.5) is 0 Å². The van der Waals surface area contributed by atoms with Crippen LogP contribution in [0.15, 0.2) is 0 Å². The Morgan fingerprint density at radius 2 is 2.55 bits per heavy atom. The van der Waals surface area contributed by atoms with Gasteiger partial charge in [0.15, 0.2) is 3.95 Å². The zero-order chi connectivity index (χ0) is 8.43. The zero-order valence-electron chi connectivity index (χ0n) is 5.70. The highest BCUT2D eigenvalue weighted by atomic mass is 32.1. The molecule has 0 spiro atoms. The molecule has 0 saturated carbocycles. The summed E-state index contributed by atoms with van der Waals surface area (Å²) >= 11 is 5.94. The van der Waals surface area contributed by atoms with Gasteiger partial charge in [-0.2, -0.15) is 5.10 Å². The Kier molecular flexibility index (Phi) is 2.35. The van der Waals surface area contributed by atoms with Crippen LogP contribution in [0.3, 0.4) is 0 Å². The van der Waals surface area contributed by atoms with Gasteiger partial charge in [0.1, 0.15) is 10.9 Å². The van der Waals surface area contributed by atoms with Gasteiger partial charge in [0.2, 0.25) is 0 Å². The van der Waals surface area contributed by atoms with Crippen LogP contribution in [0.25, 0.3) is 0 Å². The van der Waals surface area contributed by atoms with E-state index in [0.29, 0.717) is 8.96 Å². The van der Waals surface area contributed by atoms with Crippen molar-refractivity contribution < 1.29 is 9.90 Å². The Balaban J connectivity index is 2.93. The van der Waals surface area contributed by atoms with Gasteiger partial charge in [-0.15, -0.1) is 0 Å². The number of rotatable bonds is 2. The van der Waals surface area contributed by atoms with Crippen LogP contribution in [0.2, 0.25) is 0 Å².